The molecule has 3 heteroatoms. The van der Waals surface area contributed by atoms with Crippen molar-refractivity contribution in [2.45, 2.75) is 19.3 Å². The Morgan fingerprint density at radius 3 is 1.94 bits per heavy atom. The molecule has 234 valence electrons. The summed E-state index contributed by atoms with van der Waals surface area (Å²) in [6.45, 7) is 4.78. The maximum Gasteiger partial charge on any atom is 0.0972 e. The zero-order valence-electron chi connectivity index (χ0n) is 27.7. The monoisotopic (exact) mass is 654 g/mol. The summed E-state index contributed by atoms with van der Waals surface area (Å²) < 4.78 is 2.67. The van der Waals surface area contributed by atoms with E-state index in [2.05, 4.69) is 147 Å². The molecule has 0 spiro atoms. The number of hydrogen-bond donors (Lipinski definition) is 0. The van der Waals surface area contributed by atoms with Gasteiger partial charge in [-0.2, -0.15) is 0 Å². The highest BCUT2D eigenvalue weighted by Crippen LogP contribution is 2.57. The van der Waals surface area contributed by atoms with Gasteiger partial charge in [-0.1, -0.05) is 129 Å². The van der Waals surface area contributed by atoms with Gasteiger partial charge in [0, 0.05) is 59.2 Å². The number of nitrogens with zero attached hydrogens (tertiary/aromatic N) is 2. The van der Waals surface area contributed by atoms with Crippen LogP contribution < -0.4 is 0 Å². The molecule has 0 N–H and O–H groups in total. The lowest BCUT2D eigenvalue weighted by atomic mass is 9.79. The highest BCUT2D eigenvalue weighted by Gasteiger charge is 2.38. The first kappa shape index (κ1) is 28.0. The van der Waals surface area contributed by atoms with E-state index < -0.39 is 0 Å². The van der Waals surface area contributed by atoms with E-state index >= 15 is 0 Å². The fourth-order valence-corrected chi connectivity index (χ4v) is 10.1. The number of aromatic nitrogens is 2. The van der Waals surface area contributed by atoms with Gasteiger partial charge in [-0.05, 0) is 68.1 Å². The molecule has 0 saturated heterocycles. The first-order valence-electron chi connectivity index (χ1n) is 17.3. The van der Waals surface area contributed by atoms with Crippen molar-refractivity contribution in [3.63, 3.8) is 0 Å². The van der Waals surface area contributed by atoms with Crippen molar-refractivity contribution in [3.05, 3.63) is 157 Å². The summed E-state index contributed by atoms with van der Waals surface area (Å²) in [4.78, 5) is 10.3. The van der Waals surface area contributed by atoms with E-state index in [4.69, 9.17) is 9.97 Å². The molecule has 3 heterocycles. The number of thiophene rings is 1. The molecule has 0 aliphatic heterocycles. The topological polar surface area (TPSA) is 25.8 Å². The fourth-order valence-electron chi connectivity index (χ4n) is 8.80. The average Bonchev–Trinajstić information content (AvgIpc) is 3.66. The second-order valence-electron chi connectivity index (χ2n) is 14.1. The van der Waals surface area contributed by atoms with Gasteiger partial charge < -0.3 is 0 Å². The Bertz CT molecular complexity index is 3080. The highest BCUT2D eigenvalue weighted by atomic mass is 32.1. The largest absolute Gasteiger partial charge is 0.254 e. The maximum absolute atomic E-state index is 5.52. The smallest absolute Gasteiger partial charge is 0.0972 e. The van der Waals surface area contributed by atoms with Crippen molar-refractivity contribution in [2.24, 2.45) is 0 Å². The fraction of sp³-hybridized carbons (Fsp3) is 0.0638. The summed E-state index contributed by atoms with van der Waals surface area (Å²) in [7, 11) is 0. The van der Waals surface area contributed by atoms with Crippen LogP contribution in [0.15, 0.2) is 146 Å². The van der Waals surface area contributed by atoms with Crippen LogP contribution in [0.3, 0.4) is 0 Å². The average molecular weight is 655 g/mol. The maximum atomic E-state index is 5.52. The van der Waals surface area contributed by atoms with E-state index in [-0.39, 0.29) is 5.41 Å². The number of hydrogen-bond acceptors (Lipinski definition) is 3. The molecule has 10 aromatic rings. The van der Waals surface area contributed by atoms with Crippen LogP contribution >= 0.6 is 11.3 Å². The Kier molecular flexibility index (Phi) is 5.64. The van der Waals surface area contributed by atoms with Crippen LogP contribution in [0, 0.1) is 0 Å². The molecule has 50 heavy (non-hydrogen) atoms. The Morgan fingerprint density at radius 2 is 1.14 bits per heavy atom. The van der Waals surface area contributed by atoms with E-state index in [0.717, 1.165) is 27.5 Å². The molecule has 1 aliphatic carbocycles. The molecule has 1 aliphatic rings. The number of rotatable bonds is 2. The summed E-state index contributed by atoms with van der Waals surface area (Å²) in [5, 5.41) is 9.75. The normalized spacial score (nSPS) is 13.6. The molecule has 3 aromatic heterocycles. The van der Waals surface area contributed by atoms with Crippen molar-refractivity contribution in [2.75, 3.05) is 0 Å². The molecule has 2 nitrogen and oxygen atoms in total. The van der Waals surface area contributed by atoms with Gasteiger partial charge in [0.2, 0.25) is 0 Å². The minimum absolute atomic E-state index is 0.149. The van der Waals surface area contributed by atoms with E-state index in [9.17, 15) is 0 Å². The second-order valence-corrected chi connectivity index (χ2v) is 15.1. The summed E-state index contributed by atoms with van der Waals surface area (Å²) in [6.07, 6.45) is 1.87. The van der Waals surface area contributed by atoms with Gasteiger partial charge in [0.05, 0.1) is 16.7 Å². The van der Waals surface area contributed by atoms with Crippen LogP contribution in [-0.4, -0.2) is 9.97 Å². The minimum Gasteiger partial charge on any atom is -0.254 e. The van der Waals surface area contributed by atoms with Crippen molar-refractivity contribution < 1.29 is 0 Å². The van der Waals surface area contributed by atoms with Crippen molar-refractivity contribution in [3.8, 4) is 33.5 Å². The quantitative estimate of drug-likeness (QED) is 0.173. The summed E-state index contributed by atoms with van der Waals surface area (Å²) in [5.41, 5.74) is 11.9. The standard InChI is InChI=1S/C47H30N2S/c1-47(2)36-19-9-7-17-33(36)42-37(47)26-35(41-34-18-8-10-20-39(34)50-46(41)42)40-31-15-5-3-13-29(31)30-14-4-6-16-32(30)43(40)38-24-23-28-22-21-27-12-11-25-48-44(27)45(28)49-38/h3-26H,1-2H3. The SMILES string of the molecule is CC1(C)c2ccccc2-c2c1cc(-c1c(-c3ccc4ccc5cccnc5c4n3)c3ccccc3c3ccccc13)c1c2sc2ccccc21. The Labute approximate surface area is 293 Å². The van der Waals surface area contributed by atoms with Crippen molar-refractivity contribution >= 4 is 74.9 Å². The zero-order chi connectivity index (χ0) is 33.1. The van der Waals surface area contributed by atoms with Crippen LogP contribution in [0.2, 0.25) is 0 Å². The van der Waals surface area contributed by atoms with Gasteiger partial charge in [0.25, 0.3) is 0 Å². The van der Waals surface area contributed by atoms with Gasteiger partial charge in [-0.15, -0.1) is 11.3 Å². The third-order valence-corrected chi connectivity index (χ3v) is 12.3. The van der Waals surface area contributed by atoms with Crippen LogP contribution in [0.5, 0.6) is 0 Å². The van der Waals surface area contributed by atoms with Gasteiger partial charge >= 0.3 is 0 Å². The molecule has 11 rings (SSSR count). The van der Waals surface area contributed by atoms with Crippen LogP contribution in [0.25, 0.3) is 97.0 Å². The lowest BCUT2D eigenvalue weighted by molar-refractivity contribution is 0.661. The lowest BCUT2D eigenvalue weighted by Gasteiger charge is -2.24. The van der Waals surface area contributed by atoms with E-state index in [1.807, 2.05) is 23.6 Å². The molecular weight excluding hydrogens is 625 g/mol. The van der Waals surface area contributed by atoms with E-state index in [1.54, 1.807) is 0 Å². The van der Waals surface area contributed by atoms with Crippen molar-refractivity contribution in [1.82, 2.24) is 9.97 Å². The molecule has 0 bridgehead atoms. The van der Waals surface area contributed by atoms with Crippen LogP contribution in [0.4, 0.5) is 0 Å². The first-order chi connectivity index (χ1) is 24.6. The Balaban J connectivity index is 1.37. The lowest BCUT2D eigenvalue weighted by Crippen LogP contribution is -2.15. The summed E-state index contributed by atoms with van der Waals surface area (Å²) in [6, 6.07) is 51.2. The number of fused-ring (bicyclic) bond motifs is 13. The molecule has 0 saturated carbocycles. The van der Waals surface area contributed by atoms with Crippen LogP contribution in [-0.2, 0) is 5.41 Å². The van der Waals surface area contributed by atoms with Gasteiger partial charge in [0.15, 0.2) is 0 Å². The third-order valence-electron chi connectivity index (χ3n) is 11.1. The van der Waals surface area contributed by atoms with E-state index in [1.165, 1.54) is 80.7 Å². The van der Waals surface area contributed by atoms with E-state index in [0.29, 0.717) is 0 Å². The second kappa shape index (κ2) is 10.1. The molecule has 7 aromatic carbocycles. The number of benzene rings is 7. The van der Waals surface area contributed by atoms with Gasteiger partial charge in [-0.3, -0.25) is 4.98 Å². The molecular formula is C47H30N2S. The molecule has 0 unspecified atom stereocenters. The Hall–Kier alpha value is -5.90. The number of pyridine rings is 2. The molecule has 0 amide bonds. The predicted molar refractivity (Wildman–Crippen MR) is 213 cm³/mol. The molecule has 0 fully saturated rings. The molecule has 0 radical (unpaired) electrons. The first-order valence-corrected chi connectivity index (χ1v) is 18.1. The summed E-state index contributed by atoms with van der Waals surface area (Å²) in [5.74, 6) is 0. The minimum atomic E-state index is -0.149. The Morgan fingerprint density at radius 1 is 0.500 bits per heavy atom. The van der Waals surface area contributed by atoms with Crippen LogP contribution in [0.1, 0.15) is 25.0 Å². The van der Waals surface area contributed by atoms with Crippen molar-refractivity contribution in [1.29, 1.82) is 0 Å². The highest BCUT2D eigenvalue weighted by molar-refractivity contribution is 7.26. The summed E-state index contributed by atoms with van der Waals surface area (Å²) >= 11 is 1.93. The third kappa shape index (κ3) is 3.68. The predicted octanol–water partition coefficient (Wildman–Crippen LogP) is 13.1. The zero-order valence-corrected chi connectivity index (χ0v) is 28.5. The molecule has 0 atom stereocenters. The van der Waals surface area contributed by atoms with Gasteiger partial charge in [0.1, 0.15) is 0 Å². The van der Waals surface area contributed by atoms with Gasteiger partial charge in [-0.25, -0.2) is 4.98 Å².